The highest BCUT2D eigenvalue weighted by Gasteiger charge is 2.31. The summed E-state index contributed by atoms with van der Waals surface area (Å²) >= 11 is 0. The van der Waals surface area contributed by atoms with Crippen molar-refractivity contribution in [3.8, 4) is 5.75 Å². The third kappa shape index (κ3) is 3.95. The van der Waals surface area contributed by atoms with Crippen LogP contribution in [0.4, 0.5) is 11.4 Å². The Bertz CT molecular complexity index is 1300. The summed E-state index contributed by atoms with van der Waals surface area (Å²) in [4.78, 5) is 18.6. The Morgan fingerprint density at radius 1 is 1.15 bits per heavy atom. The van der Waals surface area contributed by atoms with Crippen molar-refractivity contribution in [2.75, 3.05) is 22.9 Å². The van der Waals surface area contributed by atoms with Gasteiger partial charge in [-0.05, 0) is 50.1 Å². The molecule has 0 bridgehead atoms. The predicted octanol–water partition coefficient (Wildman–Crippen LogP) is 3.40. The fourth-order valence-corrected chi connectivity index (χ4v) is 5.08. The molecule has 0 unspecified atom stereocenters. The van der Waals surface area contributed by atoms with Crippen molar-refractivity contribution >= 4 is 27.3 Å². The molecule has 1 saturated carbocycles. The Kier molecular flexibility index (Phi) is 5.32. The number of hydrogen-bond acceptors (Lipinski definition) is 7. The fraction of sp³-hybridized carbons (Fsp3) is 0.348. The number of ether oxygens (including phenoxy) is 1. The molecular formula is C23H24N4O5S. The van der Waals surface area contributed by atoms with Crippen LogP contribution < -0.4 is 13.9 Å². The molecule has 0 N–H and O–H groups in total. The fourth-order valence-electron chi connectivity index (χ4n) is 3.86. The van der Waals surface area contributed by atoms with Crippen LogP contribution in [0.1, 0.15) is 42.5 Å². The lowest BCUT2D eigenvalue weighted by Crippen LogP contribution is -2.38. The van der Waals surface area contributed by atoms with E-state index in [1.807, 2.05) is 19.1 Å². The minimum atomic E-state index is -3.86. The molecule has 2 aromatic carbocycles. The maximum Gasteiger partial charge on any atom is 0.265 e. The molecule has 5 rings (SSSR count). The van der Waals surface area contributed by atoms with Gasteiger partial charge in [0.2, 0.25) is 5.89 Å². The summed E-state index contributed by atoms with van der Waals surface area (Å²) < 4.78 is 38.7. The number of aromatic nitrogens is 2. The summed E-state index contributed by atoms with van der Waals surface area (Å²) in [6.07, 6.45) is 3.19. The first kappa shape index (κ1) is 21.4. The maximum absolute atomic E-state index is 13.3. The van der Waals surface area contributed by atoms with Crippen LogP contribution in [0.25, 0.3) is 0 Å². The molecular weight excluding hydrogens is 444 g/mol. The van der Waals surface area contributed by atoms with Crippen LogP contribution in [0.3, 0.4) is 0 Å². The molecule has 2 heterocycles. The number of fused-ring (bicyclic) bond motifs is 1. The molecule has 1 fully saturated rings. The molecule has 1 aliphatic heterocycles. The van der Waals surface area contributed by atoms with Crippen LogP contribution in [-0.4, -0.2) is 38.1 Å². The number of sulfonamides is 1. The summed E-state index contributed by atoms with van der Waals surface area (Å²) in [5.41, 5.74) is 1.93. The average molecular weight is 469 g/mol. The van der Waals surface area contributed by atoms with Crippen LogP contribution >= 0.6 is 0 Å². The minimum Gasteiger partial charge on any atom is -0.482 e. The van der Waals surface area contributed by atoms with E-state index in [0.29, 0.717) is 28.8 Å². The highest BCUT2D eigenvalue weighted by molar-refractivity contribution is 7.92. The molecule has 10 heteroatoms. The number of rotatable bonds is 6. The lowest BCUT2D eigenvalue weighted by Gasteiger charge is -2.29. The molecule has 1 aromatic heterocycles. The van der Waals surface area contributed by atoms with Crippen LogP contribution in [-0.2, 0) is 21.4 Å². The van der Waals surface area contributed by atoms with Crippen LogP contribution in [0.15, 0.2) is 51.9 Å². The van der Waals surface area contributed by atoms with Gasteiger partial charge in [0.25, 0.3) is 15.9 Å². The zero-order valence-corrected chi connectivity index (χ0v) is 19.2. The number of hydrogen-bond donors (Lipinski definition) is 0. The van der Waals surface area contributed by atoms with E-state index in [9.17, 15) is 13.2 Å². The van der Waals surface area contributed by atoms with Crippen LogP contribution in [0, 0.1) is 6.92 Å². The lowest BCUT2D eigenvalue weighted by atomic mass is 9.85. The largest absolute Gasteiger partial charge is 0.482 e. The van der Waals surface area contributed by atoms with E-state index in [0.717, 1.165) is 24.8 Å². The number of nitrogens with zero attached hydrogens (tertiary/aromatic N) is 4. The van der Waals surface area contributed by atoms with Gasteiger partial charge >= 0.3 is 0 Å². The average Bonchev–Trinajstić information content (AvgIpc) is 3.22. The third-order valence-corrected chi connectivity index (χ3v) is 7.95. The molecule has 1 amide bonds. The predicted molar refractivity (Wildman–Crippen MR) is 121 cm³/mol. The lowest BCUT2D eigenvalue weighted by molar-refractivity contribution is -0.121. The highest BCUT2D eigenvalue weighted by Crippen LogP contribution is 2.37. The normalized spacial score (nSPS) is 16.2. The van der Waals surface area contributed by atoms with Crippen molar-refractivity contribution in [1.29, 1.82) is 0 Å². The standard InChI is InChI=1S/C23H24N4O5S/c1-15-6-8-17(9-7-15)26(2)33(29,30)18-10-11-20-19(12-18)27(22(28)14-31-20)13-21-24-23(32-25-21)16-4-3-5-16/h6-12,16H,3-5,13-14H2,1-2H3. The van der Waals surface area contributed by atoms with Gasteiger partial charge in [0.1, 0.15) is 5.75 Å². The second-order valence-corrected chi connectivity index (χ2v) is 10.4. The molecule has 0 saturated heterocycles. The van der Waals surface area contributed by atoms with Gasteiger partial charge in [-0.3, -0.25) is 14.0 Å². The van der Waals surface area contributed by atoms with Gasteiger partial charge < -0.3 is 9.26 Å². The van der Waals surface area contributed by atoms with Gasteiger partial charge in [-0.15, -0.1) is 0 Å². The van der Waals surface area contributed by atoms with Crippen molar-refractivity contribution < 1.29 is 22.5 Å². The van der Waals surface area contributed by atoms with Crippen molar-refractivity contribution in [1.82, 2.24) is 10.1 Å². The first-order valence-electron chi connectivity index (χ1n) is 10.8. The summed E-state index contributed by atoms with van der Waals surface area (Å²) in [6.45, 7) is 1.87. The van der Waals surface area contributed by atoms with Crippen LogP contribution in [0.5, 0.6) is 5.75 Å². The Morgan fingerprint density at radius 3 is 2.61 bits per heavy atom. The Morgan fingerprint density at radius 2 is 1.91 bits per heavy atom. The topological polar surface area (TPSA) is 106 Å². The number of benzene rings is 2. The summed E-state index contributed by atoms with van der Waals surface area (Å²) in [7, 11) is -2.36. The minimum absolute atomic E-state index is 0.0518. The van der Waals surface area contributed by atoms with Gasteiger partial charge in [0.05, 0.1) is 22.8 Å². The first-order chi connectivity index (χ1) is 15.8. The zero-order chi connectivity index (χ0) is 23.2. The van der Waals surface area contributed by atoms with E-state index in [1.54, 1.807) is 18.2 Å². The van der Waals surface area contributed by atoms with E-state index < -0.39 is 10.0 Å². The van der Waals surface area contributed by atoms with Crippen LogP contribution in [0.2, 0.25) is 0 Å². The van der Waals surface area contributed by atoms with E-state index in [1.165, 1.54) is 28.4 Å². The van der Waals surface area contributed by atoms with Gasteiger partial charge in [0, 0.05) is 13.0 Å². The SMILES string of the molecule is Cc1ccc(N(C)S(=O)(=O)c2ccc3c(c2)N(Cc2noc(C4CCC4)n2)C(=O)CO3)cc1. The quantitative estimate of drug-likeness (QED) is 0.546. The molecule has 0 atom stereocenters. The summed E-state index contributed by atoms with van der Waals surface area (Å²) in [5.74, 6) is 1.37. The van der Waals surface area contributed by atoms with Crippen molar-refractivity contribution in [2.24, 2.45) is 0 Å². The van der Waals surface area contributed by atoms with E-state index in [2.05, 4.69) is 10.1 Å². The van der Waals surface area contributed by atoms with E-state index >= 15 is 0 Å². The summed E-state index contributed by atoms with van der Waals surface area (Å²) in [6, 6.07) is 11.7. The molecule has 2 aliphatic rings. The summed E-state index contributed by atoms with van der Waals surface area (Å²) in [5, 5.41) is 4.02. The molecule has 172 valence electrons. The Hall–Kier alpha value is -3.40. The Balaban J connectivity index is 1.45. The molecule has 1 aliphatic carbocycles. The van der Waals surface area contributed by atoms with E-state index in [-0.39, 0.29) is 29.9 Å². The van der Waals surface area contributed by atoms with E-state index in [4.69, 9.17) is 9.26 Å². The zero-order valence-electron chi connectivity index (χ0n) is 18.4. The number of carbonyl (C=O) groups excluding carboxylic acids is 1. The first-order valence-corrected chi connectivity index (χ1v) is 12.2. The van der Waals surface area contributed by atoms with Gasteiger partial charge in [-0.2, -0.15) is 4.98 Å². The molecule has 9 nitrogen and oxygen atoms in total. The van der Waals surface area contributed by atoms with Gasteiger partial charge in [-0.1, -0.05) is 29.3 Å². The molecule has 0 radical (unpaired) electrons. The van der Waals surface area contributed by atoms with Crippen molar-refractivity contribution in [3.05, 3.63) is 59.7 Å². The number of amides is 1. The second kappa shape index (κ2) is 8.18. The Labute approximate surface area is 192 Å². The van der Waals surface area contributed by atoms with Crippen molar-refractivity contribution in [3.63, 3.8) is 0 Å². The number of aryl methyl sites for hydroxylation is 1. The smallest absolute Gasteiger partial charge is 0.265 e. The number of anilines is 2. The third-order valence-electron chi connectivity index (χ3n) is 6.17. The van der Waals surface area contributed by atoms with Crippen molar-refractivity contribution in [2.45, 2.75) is 43.5 Å². The number of carbonyl (C=O) groups is 1. The second-order valence-electron chi connectivity index (χ2n) is 8.38. The molecule has 3 aromatic rings. The molecule has 0 spiro atoms. The highest BCUT2D eigenvalue weighted by atomic mass is 32.2. The van der Waals surface area contributed by atoms with Gasteiger partial charge in [-0.25, -0.2) is 8.42 Å². The maximum atomic E-state index is 13.3. The monoisotopic (exact) mass is 468 g/mol. The molecule has 33 heavy (non-hydrogen) atoms. The van der Waals surface area contributed by atoms with Gasteiger partial charge in [0.15, 0.2) is 12.4 Å².